The lowest BCUT2D eigenvalue weighted by Gasteiger charge is -2.50. The first-order chi connectivity index (χ1) is 24.2. The fraction of sp³-hybridized carbons (Fsp3) is 0.657. The Morgan fingerprint density at radius 1 is 0.680 bits per heavy atom. The fourth-order valence-corrected chi connectivity index (χ4v) is 6.97. The Kier molecular flexibility index (Phi) is 12.9. The molecule has 2 aromatic rings. The van der Waals surface area contributed by atoms with Crippen LogP contribution in [0.2, 0.25) is 0 Å². The summed E-state index contributed by atoms with van der Waals surface area (Å²) in [6.07, 6.45) is -17.8. The van der Waals surface area contributed by atoms with Crippen molar-refractivity contribution in [1.82, 2.24) is 0 Å². The standard InChI is InChI=1S/C35H48O15/c1-18-28(41-2)32(42-3)31(22(45-18)16-43-15-19-10-6-4-7-11-19)50-34-26(39)24(37)29(21(14-36)46-34)49-35-27(40)25(38)30-23(47-35)17-44-33(48-30)20-12-8-5-9-13-20/h4-13,18,21-40H,14-17H2,1-3H3/t18-,21-,22?,23-,24?,25?,26?,27?,28?,29+,30+,31+,32+,33?,34-,35+/m0/s1. The van der Waals surface area contributed by atoms with Crippen molar-refractivity contribution in [3.63, 3.8) is 0 Å². The first-order valence-electron chi connectivity index (χ1n) is 16.8. The van der Waals surface area contributed by atoms with Gasteiger partial charge < -0.3 is 72.9 Å². The monoisotopic (exact) mass is 708 g/mol. The summed E-state index contributed by atoms with van der Waals surface area (Å²) in [5.74, 6) is 0. The van der Waals surface area contributed by atoms with E-state index in [1.54, 1.807) is 0 Å². The maximum atomic E-state index is 11.3. The highest BCUT2D eigenvalue weighted by molar-refractivity contribution is 5.17. The van der Waals surface area contributed by atoms with Crippen molar-refractivity contribution in [3.8, 4) is 0 Å². The Labute approximate surface area is 290 Å². The summed E-state index contributed by atoms with van der Waals surface area (Å²) in [6.45, 7) is 1.61. The minimum atomic E-state index is -1.70. The Morgan fingerprint density at radius 2 is 1.32 bits per heavy atom. The smallest absolute Gasteiger partial charge is 0.187 e. The number of hydrogen-bond donors (Lipinski definition) is 5. The van der Waals surface area contributed by atoms with Crippen LogP contribution in [0.25, 0.3) is 0 Å². The maximum Gasteiger partial charge on any atom is 0.187 e. The minimum Gasteiger partial charge on any atom is -0.394 e. The highest BCUT2D eigenvalue weighted by Gasteiger charge is 2.55. The summed E-state index contributed by atoms with van der Waals surface area (Å²) in [5.41, 5.74) is 1.70. The van der Waals surface area contributed by atoms with E-state index in [-0.39, 0.29) is 13.2 Å². The van der Waals surface area contributed by atoms with E-state index in [2.05, 4.69) is 0 Å². The van der Waals surface area contributed by atoms with Crippen LogP contribution in [0.5, 0.6) is 0 Å². The van der Waals surface area contributed by atoms with Crippen LogP contribution in [0.15, 0.2) is 60.7 Å². The number of methoxy groups -OCH3 is 2. The predicted molar refractivity (Wildman–Crippen MR) is 170 cm³/mol. The summed E-state index contributed by atoms with van der Waals surface area (Å²) in [4.78, 5) is 0. The van der Waals surface area contributed by atoms with Crippen LogP contribution < -0.4 is 0 Å². The van der Waals surface area contributed by atoms with E-state index in [1.807, 2.05) is 67.6 Å². The maximum absolute atomic E-state index is 11.3. The number of hydrogen-bond acceptors (Lipinski definition) is 15. The lowest BCUT2D eigenvalue weighted by atomic mass is 9.94. The molecule has 4 aliphatic heterocycles. The van der Waals surface area contributed by atoms with Gasteiger partial charge in [0.2, 0.25) is 0 Å². The highest BCUT2D eigenvalue weighted by Crippen LogP contribution is 2.37. The number of aliphatic hydroxyl groups is 5. The molecule has 0 saturated carbocycles. The van der Waals surface area contributed by atoms with E-state index >= 15 is 0 Å². The minimum absolute atomic E-state index is 0.0149. The molecule has 0 bridgehead atoms. The molecule has 4 aliphatic rings. The van der Waals surface area contributed by atoms with E-state index < -0.39 is 105 Å². The quantitative estimate of drug-likeness (QED) is 0.194. The largest absolute Gasteiger partial charge is 0.394 e. The summed E-state index contributed by atoms with van der Waals surface area (Å²) in [7, 11) is 3.02. The molecule has 0 radical (unpaired) electrons. The van der Waals surface area contributed by atoms with Crippen LogP contribution >= 0.6 is 0 Å². The van der Waals surface area contributed by atoms with E-state index in [4.69, 9.17) is 47.4 Å². The van der Waals surface area contributed by atoms with E-state index in [1.165, 1.54) is 14.2 Å². The van der Waals surface area contributed by atoms with Crippen molar-refractivity contribution in [1.29, 1.82) is 0 Å². The van der Waals surface area contributed by atoms with Gasteiger partial charge in [0.15, 0.2) is 18.9 Å². The van der Waals surface area contributed by atoms with Gasteiger partial charge in [-0.3, -0.25) is 0 Å². The lowest BCUT2D eigenvalue weighted by Crippen LogP contribution is -2.67. The molecule has 0 aromatic heterocycles. The topological polar surface area (TPSA) is 193 Å². The molecule has 7 unspecified atom stereocenters. The van der Waals surface area contributed by atoms with E-state index in [0.717, 1.165) is 11.1 Å². The van der Waals surface area contributed by atoms with Gasteiger partial charge in [-0.1, -0.05) is 60.7 Å². The van der Waals surface area contributed by atoms with Gasteiger partial charge in [-0.05, 0) is 12.5 Å². The zero-order valence-electron chi connectivity index (χ0n) is 28.2. The average molecular weight is 709 g/mol. The Balaban J connectivity index is 1.11. The molecule has 0 aliphatic carbocycles. The van der Waals surface area contributed by atoms with Gasteiger partial charge >= 0.3 is 0 Å². The SMILES string of the molecule is COC1[C@H](C)OC(COCc2ccccc2)[C@@H](O[C@@H]2O[C@@H](CO)[C@@H](O[C@H]3O[C@H]4COC(c5ccccc5)O[C@H]4C(O)C3O)C(O)C2O)[C@@H]1OC. The first kappa shape index (κ1) is 37.6. The predicted octanol–water partition coefficient (Wildman–Crippen LogP) is -0.209. The Bertz CT molecular complexity index is 1300. The Morgan fingerprint density at radius 3 is 2.00 bits per heavy atom. The molecule has 50 heavy (non-hydrogen) atoms. The van der Waals surface area contributed by atoms with Gasteiger partial charge in [0.25, 0.3) is 0 Å². The number of benzene rings is 2. The van der Waals surface area contributed by atoms with Gasteiger partial charge in [0, 0.05) is 19.8 Å². The van der Waals surface area contributed by atoms with Crippen molar-refractivity contribution >= 4 is 0 Å². The van der Waals surface area contributed by atoms with Crippen molar-refractivity contribution < 1.29 is 72.9 Å². The molecule has 5 N–H and O–H groups in total. The van der Waals surface area contributed by atoms with Crippen molar-refractivity contribution in [2.75, 3.05) is 34.0 Å². The molecule has 15 heteroatoms. The molecule has 278 valence electrons. The molecular weight excluding hydrogens is 660 g/mol. The van der Waals surface area contributed by atoms with Crippen molar-refractivity contribution in [2.45, 2.75) is 112 Å². The third-order valence-electron chi connectivity index (χ3n) is 9.61. The second-order valence-electron chi connectivity index (χ2n) is 12.9. The Hall–Kier alpha value is -2.16. The molecule has 15 nitrogen and oxygen atoms in total. The van der Waals surface area contributed by atoms with Crippen molar-refractivity contribution in [3.05, 3.63) is 71.8 Å². The molecule has 2 aromatic carbocycles. The van der Waals surface area contributed by atoms with E-state index in [0.29, 0.717) is 6.61 Å². The van der Waals surface area contributed by atoms with Gasteiger partial charge in [-0.15, -0.1) is 0 Å². The van der Waals surface area contributed by atoms with Crippen LogP contribution in [0, 0.1) is 0 Å². The first-order valence-corrected chi connectivity index (χ1v) is 16.8. The van der Waals surface area contributed by atoms with Crippen LogP contribution in [0.1, 0.15) is 24.3 Å². The summed E-state index contributed by atoms with van der Waals surface area (Å²) in [5, 5.41) is 54.9. The molecule has 0 spiro atoms. The molecular formula is C35H48O15. The van der Waals surface area contributed by atoms with Crippen LogP contribution in [-0.2, 0) is 54.0 Å². The van der Waals surface area contributed by atoms with Crippen LogP contribution in [0.3, 0.4) is 0 Å². The summed E-state index contributed by atoms with van der Waals surface area (Å²) >= 11 is 0. The molecule has 16 atom stereocenters. The normalized spacial score (nSPS) is 42.2. The molecule has 4 saturated heterocycles. The van der Waals surface area contributed by atoms with Crippen LogP contribution in [-0.4, -0.2) is 152 Å². The third kappa shape index (κ3) is 8.07. The van der Waals surface area contributed by atoms with Gasteiger partial charge in [-0.2, -0.15) is 0 Å². The summed E-state index contributed by atoms with van der Waals surface area (Å²) < 4.78 is 59.5. The number of aliphatic hydroxyl groups excluding tert-OH is 5. The summed E-state index contributed by atoms with van der Waals surface area (Å²) in [6, 6.07) is 18.8. The zero-order valence-corrected chi connectivity index (χ0v) is 28.2. The number of rotatable bonds is 12. The van der Waals surface area contributed by atoms with Gasteiger partial charge in [-0.25, -0.2) is 0 Å². The average Bonchev–Trinajstić information content (AvgIpc) is 3.14. The van der Waals surface area contributed by atoms with Gasteiger partial charge in [0.1, 0.15) is 73.2 Å². The second-order valence-corrected chi connectivity index (χ2v) is 12.9. The third-order valence-corrected chi connectivity index (χ3v) is 9.61. The second kappa shape index (κ2) is 17.1. The highest BCUT2D eigenvalue weighted by atomic mass is 16.8. The van der Waals surface area contributed by atoms with Gasteiger partial charge in [0.05, 0.1) is 32.5 Å². The van der Waals surface area contributed by atoms with Crippen molar-refractivity contribution in [2.24, 2.45) is 0 Å². The van der Waals surface area contributed by atoms with E-state index in [9.17, 15) is 25.5 Å². The lowest BCUT2D eigenvalue weighted by molar-refractivity contribution is -0.391. The molecule has 4 fully saturated rings. The molecule has 4 heterocycles. The van der Waals surface area contributed by atoms with Crippen LogP contribution in [0.4, 0.5) is 0 Å². The zero-order chi connectivity index (χ0) is 35.4. The number of ether oxygens (including phenoxy) is 10. The molecule has 0 amide bonds. The molecule has 6 rings (SSSR count). The fourth-order valence-electron chi connectivity index (χ4n) is 6.97. The number of fused-ring (bicyclic) bond motifs is 1.